The highest BCUT2D eigenvalue weighted by atomic mass is 19.1. The number of anilines is 1. The van der Waals surface area contributed by atoms with Crippen LogP contribution < -0.4 is 10.6 Å². The van der Waals surface area contributed by atoms with Gasteiger partial charge in [0.05, 0.1) is 6.42 Å². The van der Waals surface area contributed by atoms with Gasteiger partial charge in [-0.2, -0.15) is 0 Å². The molecule has 0 aliphatic heterocycles. The number of aromatic amines is 1. The van der Waals surface area contributed by atoms with E-state index in [0.717, 1.165) is 16.5 Å². The number of nitrogens with one attached hydrogen (secondary N) is 3. The maximum atomic E-state index is 14.1. The summed E-state index contributed by atoms with van der Waals surface area (Å²) in [6.45, 7) is 1.92. The van der Waals surface area contributed by atoms with Crippen molar-refractivity contribution in [2.75, 3.05) is 11.9 Å². The Balaban J connectivity index is 1.79. The van der Waals surface area contributed by atoms with Gasteiger partial charge in [0.2, 0.25) is 11.8 Å². The highest BCUT2D eigenvalue weighted by Gasteiger charge is 2.13. The molecule has 3 N–H and O–H groups in total. The fourth-order valence-electron chi connectivity index (χ4n) is 2.86. The number of rotatable bonds is 6. The average Bonchev–Trinajstić information content (AvgIpc) is 2.98. The van der Waals surface area contributed by atoms with Crippen LogP contribution in [-0.4, -0.2) is 28.3 Å². The van der Waals surface area contributed by atoms with Gasteiger partial charge in [0.15, 0.2) is 0 Å². The Kier molecular flexibility index (Phi) is 5.26. The molecule has 2 aromatic heterocycles. The van der Waals surface area contributed by atoms with Crippen LogP contribution in [0.15, 0.2) is 42.9 Å². The van der Waals surface area contributed by atoms with E-state index in [4.69, 9.17) is 0 Å². The monoisotopic (exact) mass is 354 g/mol. The van der Waals surface area contributed by atoms with Gasteiger partial charge in [-0.05, 0) is 41.8 Å². The molecular weight excluding hydrogens is 335 g/mol. The molecule has 0 saturated carbocycles. The van der Waals surface area contributed by atoms with Crippen LogP contribution in [0.5, 0.6) is 0 Å². The second-order valence-corrected chi connectivity index (χ2v) is 6.00. The molecule has 2 heterocycles. The number of hydrogen-bond donors (Lipinski definition) is 3. The standard InChI is InChI=1S/C19H19FN4O2/c1-12(25)22-7-2-13-11-23-19-14(8-15(20)10-17(13)19)9-18(26)24-16-3-5-21-6-4-16/h3-6,8,10-11,23H,2,7,9H2,1H3,(H,22,25)(H,21,24,26). The van der Waals surface area contributed by atoms with Crippen LogP contribution in [0, 0.1) is 5.82 Å². The summed E-state index contributed by atoms with van der Waals surface area (Å²) < 4.78 is 14.1. The van der Waals surface area contributed by atoms with Gasteiger partial charge in [-0.1, -0.05) is 0 Å². The number of aromatic nitrogens is 2. The molecule has 7 heteroatoms. The molecule has 0 atom stereocenters. The van der Waals surface area contributed by atoms with E-state index in [2.05, 4.69) is 20.6 Å². The quantitative estimate of drug-likeness (QED) is 0.636. The van der Waals surface area contributed by atoms with Crippen molar-refractivity contribution in [3.8, 4) is 0 Å². The maximum absolute atomic E-state index is 14.1. The fraction of sp³-hybridized carbons (Fsp3) is 0.211. The number of nitrogens with zero attached hydrogens (tertiary/aromatic N) is 1. The van der Waals surface area contributed by atoms with Crippen molar-refractivity contribution in [1.29, 1.82) is 0 Å². The number of hydrogen-bond acceptors (Lipinski definition) is 3. The largest absolute Gasteiger partial charge is 0.361 e. The molecule has 134 valence electrons. The number of halogens is 1. The van der Waals surface area contributed by atoms with Gasteiger partial charge in [0, 0.05) is 48.6 Å². The predicted octanol–water partition coefficient (Wildman–Crippen LogP) is 2.56. The average molecular weight is 354 g/mol. The number of amides is 2. The Morgan fingerprint density at radius 1 is 1.19 bits per heavy atom. The summed E-state index contributed by atoms with van der Waals surface area (Å²) in [5.74, 6) is -0.744. The molecule has 1 aromatic carbocycles. The van der Waals surface area contributed by atoms with Crippen molar-refractivity contribution in [3.63, 3.8) is 0 Å². The lowest BCUT2D eigenvalue weighted by molar-refractivity contribution is -0.119. The zero-order valence-corrected chi connectivity index (χ0v) is 14.3. The third kappa shape index (κ3) is 4.24. The highest BCUT2D eigenvalue weighted by Crippen LogP contribution is 2.24. The van der Waals surface area contributed by atoms with E-state index in [1.165, 1.54) is 19.1 Å². The van der Waals surface area contributed by atoms with Gasteiger partial charge in [-0.15, -0.1) is 0 Å². The van der Waals surface area contributed by atoms with Crippen molar-refractivity contribution in [3.05, 3.63) is 59.8 Å². The Morgan fingerprint density at radius 3 is 2.69 bits per heavy atom. The second-order valence-electron chi connectivity index (χ2n) is 6.00. The van der Waals surface area contributed by atoms with E-state index in [9.17, 15) is 14.0 Å². The second kappa shape index (κ2) is 7.77. The Bertz CT molecular complexity index is 937. The third-order valence-corrected chi connectivity index (χ3v) is 4.00. The van der Waals surface area contributed by atoms with Gasteiger partial charge in [0.25, 0.3) is 0 Å². The van der Waals surface area contributed by atoms with Crippen molar-refractivity contribution >= 4 is 28.4 Å². The minimum absolute atomic E-state index is 0.0439. The minimum Gasteiger partial charge on any atom is -0.361 e. The van der Waals surface area contributed by atoms with Crippen molar-refractivity contribution in [2.45, 2.75) is 19.8 Å². The summed E-state index contributed by atoms with van der Waals surface area (Å²) in [7, 11) is 0. The summed E-state index contributed by atoms with van der Waals surface area (Å²) in [5.41, 5.74) is 2.84. The first kappa shape index (κ1) is 17.6. The van der Waals surface area contributed by atoms with Gasteiger partial charge in [-0.25, -0.2) is 4.39 Å². The van der Waals surface area contributed by atoms with E-state index in [0.29, 0.717) is 24.2 Å². The zero-order valence-electron chi connectivity index (χ0n) is 14.3. The van der Waals surface area contributed by atoms with Crippen molar-refractivity contribution < 1.29 is 14.0 Å². The first-order chi connectivity index (χ1) is 12.5. The molecule has 0 saturated heterocycles. The van der Waals surface area contributed by atoms with Gasteiger partial charge in [-0.3, -0.25) is 14.6 Å². The van der Waals surface area contributed by atoms with E-state index in [1.807, 2.05) is 0 Å². The zero-order chi connectivity index (χ0) is 18.5. The SMILES string of the molecule is CC(=O)NCCc1c[nH]c2c(CC(=O)Nc3ccncc3)cc(F)cc12. The number of carbonyl (C=O) groups excluding carboxylic acids is 2. The van der Waals surface area contributed by atoms with Gasteiger partial charge >= 0.3 is 0 Å². The van der Waals surface area contributed by atoms with Crippen molar-refractivity contribution in [1.82, 2.24) is 15.3 Å². The lowest BCUT2D eigenvalue weighted by Gasteiger charge is -2.07. The Morgan fingerprint density at radius 2 is 1.96 bits per heavy atom. The summed E-state index contributed by atoms with van der Waals surface area (Å²) in [6.07, 6.45) is 5.58. The lowest BCUT2D eigenvalue weighted by Crippen LogP contribution is -2.22. The molecule has 0 spiro atoms. The van der Waals surface area contributed by atoms with E-state index in [1.54, 1.807) is 30.7 Å². The first-order valence-corrected chi connectivity index (χ1v) is 8.25. The van der Waals surface area contributed by atoms with Crippen LogP contribution in [0.25, 0.3) is 10.9 Å². The minimum atomic E-state index is -0.399. The predicted molar refractivity (Wildman–Crippen MR) is 97.2 cm³/mol. The lowest BCUT2D eigenvalue weighted by atomic mass is 10.0. The van der Waals surface area contributed by atoms with Crippen LogP contribution in [0.3, 0.4) is 0 Å². The number of H-pyrrole nitrogens is 1. The van der Waals surface area contributed by atoms with Crippen molar-refractivity contribution in [2.24, 2.45) is 0 Å². The van der Waals surface area contributed by atoms with Crippen LogP contribution >= 0.6 is 0 Å². The Hall–Kier alpha value is -3.22. The molecule has 0 aliphatic carbocycles. The summed E-state index contributed by atoms with van der Waals surface area (Å²) >= 11 is 0. The Labute approximate surface area is 149 Å². The topological polar surface area (TPSA) is 86.9 Å². The van der Waals surface area contributed by atoms with Crippen LogP contribution in [0.1, 0.15) is 18.1 Å². The van der Waals surface area contributed by atoms with Gasteiger partial charge < -0.3 is 15.6 Å². The summed E-state index contributed by atoms with van der Waals surface area (Å²) in [5, 5.41) is 6.21. The van der Waals surface area contributed by atoms with Crippen LogP contribution in [0.2, 0.25) is 0 Å². The molecule has 6 nitrogen and oxygen atoms in total. The number of carbonyl (C=O) groups is 2. The third-order valence-electron chi connectivity index (χ3n) is 4.00. The smallest absolute Gasteiger partial charge is 0.228 e. The summed E-state index contributed by atoms with van der Waals surface area (Å²) in [4.78, 5) is 30.3. The normalized spacial score (nSPS) is 10.7. The molecule has 0 radical (unpaired) electrons. The molecule has 2 amide bonds. The molecule has 0 unspecified atom stereocenters. The first-order valence-electron chi connectivity index (χ1n) is 8.25. The molecule has 0 fully saturated rings. The van der Waals surface area contributed by atoms with Gasteiger partial charge in [0.1, 0.15) is 5.82 Å². The molecule has 26 heavy (non-hydrogen) atoms. The van der Waals surface area contributed by atoms with E-state index >= 15 is 0 Å². The van der Waals surface area contributed by atoms with E-state index in [-0.39, 0.29) is 18.2 Å². The maximum Gasteiger partial charge on any atom is 0.228 e. The molecule has 3 rings (SSSR count). The molecule has 0 aliphatic rings. The molecular formula is C19H19FN4O2. The number of fused-ring (bicyclic) bond motifs is 1. The highest BCUT2D eigenvalue weighted by molar-refractivity contribution is 5.96. The molecule has 0 bridgehead atoms. The fourth-order valence-corrected chi connectivity index (χ4v) is 2.86. The van der Waals surface area contributed by atoms with Crippen LogP contribution in [0.4, 0.5) is 10.1 Å². The number of pyridine rings is 1. The number of benzene rings is 1. The molecule has 3 aromatic rings. The van der Waals surface area contributed by atoms with Crippen LogP contribution in [-0.2, 0) is 22.4 Å². The van der Waals surface area contributed by atoms with E-state index < -0.39 is 5.82 Å². The summed E-state index contributed by atoms with van der Waals surface area (Å²) in [6, 6.07) is 6.18.